The van der Waals surface area contributed by atoms with Crippen molar-refractivity contribution in [2.24, 2.45) is 10.7 Å². The highest BCUT2D eigenvalue weighted by Gasteiger charge is 2.22. The lowest BCUT2D eigenvalue weighted by atomic mass is 9.96. The predicted octanol–water partition coefficient (Wildman–Crippen LogP) is 2.30. The van der Waals surface area contributed by atoms with Crippen molar-refractivity contribution < 1.29 is 4.74 Å². The van der Waals surface area contributed by atoms with E-state index in [2.05, 4.69) is 45.5 Å². The number of hydrogen-bond donors (Lipinski definition) is 2. The highest BCUT2D eigenvalue weighted by Crippen LogP contribution is 2.22. The molecule has 0 spiro atoms. The molecule has 5 heteroatoms. The molecule has 1 atom stereocenters. The highest BCUT2D eigenvalue weighted by molar-refractivity contribution is 5.78. The molecule has 3 N–H and O–H groups in total. The molecule has 0 aromatic heterocycles. The Morgan fingerprint density at radius 1 is 1.17 bits per heavy atom. The molecule has 24 heavy (non-hydrogen) atoms. The highest BCUT2D eigenvalue weighted by atomic mass is 16.5. The van der Waals surface area contributed by atoms with Crippen LogP contribution in [0.4, 0.5) is 0 Å². The van der Waals surface area contributed by atoms with Gasteiger partial charge in [0.1, 0.15) is 0 Å². The molecule has 5 nitrogen and oxygen atoms in total. The van der Waals surface area contributed by atoms with E-state index in [1.807, 2.05) is 0 Å². The molecule has 132 valence electrons. The zero-order valence-electron chi connectivity index (χ0n) is 14.5. The number of benzene rings is 1. The summed E-state index contributed by atoms with van der Waals surface area (Å²) in [6.45, 7) is 4.18. The minimum atomic E-state index is 0.266. The van der Waals surface area contributed by atoms with E-state index in [9.17, 15) is 0 Å². The maximum atomic E-state index is 6.16. The summed E-state index contributed by atoms with van der Waals surface area (Å²) in [5.74, 6) is 0.594. The van der Waals surface area contributed by atoms with E-state index in [0.29, 0.717) is 18.5 Å². The lowest BCUT2D eigenvalue weighted by Gasteiger charge is -2.34. The van der Waals surface area contributed by atoms with E-state index >= 15 is 0 Å². The molecular weight excluding hydrogens is 300 g/mol. The van der Waals surface area contributed by atoms with Gasteiger partial charge in [0.2, 0.25) is 0 Å². The Morgan fingerprint density at radius 2 is 1.88 bits per heavy atom. The van der Waals surface area contributed by atoms with Crippen LogP contribution in [0.2, 0.25) is 0 Å². The second kappa shape index (κ2) is 9.04. The summed E-state index contributed by atoms with van der Waals surface area (Å²) in [7, 11) is 0. The molecular formula is C19H30N4O. The third kappa shape index (κ3) is 4.95. The van der Waals surface area contributed by atoms with E-state index in [1.165, 1.54) is 37.7 Å². The lowest BCUT2D eigenvalue weighted by Crippen LogP contribution is -2.43. The number of nitrogens with two attached hydrogens (primary N) is 1. The van der Waals surface area contributed by atoms with Crippen molar-refractivity contribution in [3.63, 3.8) is 0 Å². The van der Waals surface area contributed by atoms with Gasteiger partial charge >= 0.3 is 0 Å². The van der Waals surface area contributed by atoms with Crippen molar-refractivity contribution in [2.75, 3.05) is 32.8 Å². The third-order valence-electron chi connectivity index (χ3n) is 5.06. The summed E-state index contributed by atoms with van der Waals surface area (Å²) < 4.78 is 5.50. The van der Waals surface area contributed by atoms with Gasteiger partial charge in [-0.1, -0.05) is 49.6 Å². The second-order valence-corrected chi connectivity index (χ2v) is 6.78. The lowest BCUT2D eigenvalue weighted by molar-refractivity contribution is 0.0180. The summed E-state index contributed by atoms with van der Waals surface area (Å²) in [4.78, 5) is 7.13. The first-order valence-corrected chi connectivity index (χ1v) is 9.26. The molecule has 1 aliphatic heterocycles. The minimum Gasteiger partial charge on any atom is -0.379 e. The number of aliphatic imine (C=N–C) groups is 1. The van der Waals surface area contributed by atoms with Crippen LogP contribution in [-0.4, -0.2) is 49.7 Å². The Morgan fingerprint density at radius 3 is 2.58 bits per heavy atom. The Kier molecular flexibility index (Phi) is 6.49. The van der Waals surface area contributed by atoms with Gasteiger partial charge in [-0.25, -0.2) is 0 Å². The van der Waals surface area contributed by atoms with Gasteiger partial charge in [0.25, 0.3) is 0 Å². The Bertz CT molecular complexity index is 507. The molecule has 2 fully saturated rings. The number of nitrogens with one attached hydrogen (secondary N) is 1. The molecule has 0 radical (unpaired) electrons. The predicted molar refractivity (Wildman–Crippen MR) is 98.1 cm³/mol. The molecule has 1 heterocycles. The van der Waals surface area contributed by atoms with Crippen molar-refractivity contribution >= 4 is 5.96 Å². The Labute approximate surface area is 145 Å². The van der Waals surface area contributed by atoms with Crippen LogP contribution in [0, 0.1) is 0 Å². The standard InChI is InChI=1S/C19H30N4O/c20-19(22-17-9-5-2-6-10-17)21-15-18(16-7-3-1-4-8-16)23-11-13-24-14-12-23/h1,3-4,7-8,17-18H,2,5-6,9-15H2,(H3,20,21,22). The molecule has 1 saturated heterocycles. The molecule has 1 aliphatic carbocycles. The van der Waals surface area contributed by atoms with Crippen LogP contribution in [-0.2, 0) is 4.74 Å². The smallest absolute Gasteiger partial charge is 0.188 e. The van der Waals surface area contributed by atoms with Gasteiger partial charge in [-0.15, -0.1) is 0 Å². The summed E-state index contributed by atoms with van der Waals surface area (Å²) in [5.41, 5.74) is 7.46. The van der Waals surface area contributed by atoms with Gasteiger partial charge in [0.05, 0.1) is 25.8 Å². The van der Waals surface area contributed by atoms with Crippen LogP contribution in [0.5, 0.6) is 0 Å². The van der Waals surface area contributed by atoms with E-state index in [1.54, 1.807) is 0 Å². The normalized spacial score (nSPS) is 22.2. The average Bonchev–Trinajstić information content (AvgIpc) is 2.64. The number of guanidine groups is 1. The Hall–Kier alpha value is -1.59. The van der Waals surface area contributed by atoms with Crippen molar-refractivity contribution in [2.45, 2.75) is 44.2 Å². The molecule has 1 unspecified atom stereocenters. The van der Waals surface area contributed by atoms with E-state index < -0.39 is 0 Å². The molecule has 0 amide bonds. The van der Waals surface area contributed by atoms with Crippen LogP contribution in [0.1, 0.15) is 43.7 Å². The van der Waals surface area contributed by atoms with Crippen LogP contribution >= 0.6 is 0 Å². The van der Waals surface area contributed by atoms with Gasteiger partial charge in [0, 0.05) is 19.1 Å². The summed E-state index contributed by atoms with van der Waals surface area (Å²) in [5, 5.41) is 3.41. The second-order valence-electron chi connectivity index (χ2n) is 6.78. The first-order chi connectivity index (χ1) is 11.8. The quantitative estimate of drug-likeness (QED) is 0.642. The average molecular weight is 330 g/mol. The number of morpholine rings is 1. The number of hydrogen-bond acceptors (Lipinski definition) is 3. The maximum Gasteiger partial charge on any atom is 0.188 e. The fraction of sp³-hybridized carbons (Fsp3) is 0.632. The van der Waals surface area contributed by atoms with Gasteiger partial charge in [-0.05, 0) is 18.4 Å². The van der Waals surface area contributed by atoms with Crippen LogP contribution in [0.3, 0.4) is 0 Å². The third-order valence-corrected chi connectivity index (χ3v) is 5.06. The van der Waals surface area contributed by atoms with Gasteiger partial charge < -0.3 is 15.8 Å². The molecule has 1 aromatic carbocycles. The van der Waals surface area contributed by atoms with Gasteiger partial charge in [-0.3, -0.25) is 9.89 Å². The monoisotopic (exact) mass is 330 g/mol. The van der Waals surface area contributed by atoms with Crippen LogP contribution < -0.4 is 11.1 Å². The van der Waals surface area contributed by atoms with Crippen molar-refractivity contribution in [1.82, 2.24) is 10.2 Å². The van der Waals surface area contributed by atoms with E-state index in [-0.39, 0.29) is 6.04 Å². The fourth-order valence-corrected chi connectivity index (χ4v) is 3.68. The molecule has 0 bridgehead atoms. The summed E-state index contributed by atoms with van der Waals surface area (Å²) >= 11 is 0. The maximum absolute atomic E-state index is 6.16. The number of rotatable bonds is 5. The minimum absolute atomic E-state index is 0.266. The van der Waals surface area contributed by atoms with E-state index in [4.69, 9.17) is 10.5 Å². The summed E-state index contributed by atoms with van der Waals surface area (Å²) in [6.07, 6.45) is 6.36. The van der Waals surface area contributed by atoms with Crippen LogP contribution in [0.25, 0.3) is 0 Å². The zero-order valence-corrected chi connectivity index (χ0v) is 14.5. The molecule has 3 rings (SSSR count). The topological polar surface area (TPSA) is 62.9 Å². The number of nitrogens with zero attached hydrogens (tertiary/aromatic N) is 2. The molecule has 1 saturated carbocycles. The largest absolute Gasteiger partial charge is 0.379 e. The van der Waals surface area contributed by atoms with Crippen molar-refractivity contribution in [3.8, 4) is 0 Å². The Balaban J connectivity index is 1.63. The van der Waals surface area contributed by atoms with Crippen LogP contribution in [0.15, 0.2) is 35.3 Å². The SMILES string of the molecule is NC(=NCC(c1ccccc1)N1CCOCC1)NC1CCCCC1. The van der Waals surface area contributed by atoms with Crippen molar-refractivity contribution in [1.29, 1.82) is 0 Å². The summed E-state index contributed by atoms with van der Waals surface area (Å²) in [6, 6.07) is 11.4. The zero-order chi connectivity index (χ0) is 16.6. The fourth-order valence-electron chi connectivity index (χ4n) is 3.68. The molecule has 1 aromatic rings. The molecule has 2 aliphatic rings. The van der Waals surface area contributed by atoms with E-state index in [0.717, 1.165) is 26.3 Å². The first-order valence-electron chi connectivity index (χ1n) is 9.26. The van der Waals surface area contributed by atoms with Gasteiger partial charge in [0.15, 0.2) is 5.96 Å². The van der Waals surface area contributed by atoms with Crippen molar-refractivity contribution in [3.05, 3.63) is 35.9 Å². The number of ether oxygens (including phenoxy) is 1. The first kappa shape index (κ1) is 17.2. The van der Waals surface area contributed by atoms with Gasteiger partial charge in [-0.2, -0.15) is 0 Å².